The van der Waals surface area contributed by atoms with Crippen molar-refractivity contribution in [3.8, 4) is 0 Å². The van der Waals surface area contributed by atoms with Crippen LogP contribution in [-0.4, -0.2) is 32.5 Å². The van der Waals surface area contributed by atoms with Gasteiger partial charge in [-0.25, -0.2) is 13.2 Å². The maximum absolute atomic E-state index is 11.7. The maximum Gasteiger partial charge on any atom is 0.319 e. The number of urea groups is 1. The zero-order valence-corrected chi connectivity index (χ0v) is 13.6. The fourth-order valence-electron chi connectivity index (χ4n) is 2.12. The minimum absolute atomic E-state index is 0.0236. The molecule has 1 atom stereocenters. The number of carbonyl (C=O) groups excluding carboxylic acids is 1. The molecule has 0 saturated carbocycles. The zero-order chi connectivity index (χ0) is 14.8. The molecule has 1 aromatic carbocycles. The van der Waals surface area contributed by atoms with Crippen molar-refractivity contribution in [2.75, 3.05) is 23.4 Å². The molecule has 0 radical (unpaired) electrons. The first-order valence-corrected chi connectivity index (χ1v) is 8.98. The van der Waals surface area contributed by atoms with E-state index in [0.717, 1.165) is 10.0 Å². The van der Waals surface area contributed by atoms with Gasteiger partial charge in [-0.3, -0.25) is 0 Å². The Kier molecular flexibility index (Phi) is 4.70. The SMILES string of the molecule is Cc1ccc(NC(=O)NC[C@@H]2CCS(=O)(=O)C2)cc1Br. The average molecular weight is 361 g/mol. The first-order chi connectivity index (χ1) is 9.35. The number of amides is 2. The van der Waals surface area contributed by atoms with Crippen LogP contribution >= 0.6 is 15.9 Å². The van der Waals surface area contributed by atoms with Crippen LogP contribution in [0.15, 0.2) is 22.7 Å². The quantitative estimate of drug-likeness (QED) is 0.868. The molecule has 20 heavy (non-hydrogen) atoms. The van der Waals surface area contributed by atoms with Gasteiger partial charge in [0.1, 0.15) is 0 Å². The van der Waals surface area contributed by atoms with E-state index in [9.17, 15) is 13.2 Å². The van der Waals surface area contributed by atoms with Gasteiger partial charge < -0.3 is 10.6 Å². The molecule has 0 unspecified atom stereocenters. The van der Waals surface area contributed by atoms with Gasteiger partial charge in [-0.15, -0.1) is 0 Å². The summed E-state index contributed by atoms with van der Waals surface area (Å²) in [4.78, 5) is 11.7. The molecule has 1 aliphatic heterocycles. The van der Waals surface area contributed by atoms with Crippen LogP contribution in [-0.2, 0) is 9.84 Å². The third-order valence-electron chi connectivity index (χ3n) is 3.31. The lowest BCUT2D eigenvalue weighted by Gasteiger charge is -2.11. The molecule has 5 nitrogen and oxygen atoms in total. The molecule has 2 rings (SSSR count). The molecule has 1 aromatic rings. The summed E-state index contributed by atoms with van der Waals surface area (Å²) in [5, 5.41) is 5.44. The fraction of sp³-hybridized carbons (Fsp3) is 0.462. The van der Waals surface area contributed by atoms with E-state index in [1.54, 1.807) is 0 Å². The Morgan fingerprint density at radius 3 is 2.80 bits per heavy atom. The first-order valence-electron chi connectivity index (χ1n) is 6.37. The highest BCUT2D eigenvalue weighted by atomic mass is 79.9. The van der Waals surface area contributed by atoms with Gasteiger partial charge in [0.15, 0.2) is 9.84 Å². The monoisotopic (exact) mass is 360 g/mol. The van der Waals surface area contributed by atoms with E-state index < -0.39 is 9.84 Å². The topological polar surface area (TPSA) is 75.3 Å². The molecule has 1 saturated heterocycles. The van der Waals surface area contributed by atoms with Gasteiger partial charge in [-0.1, -0.05) is 22.0 Å². The van der Waals surface area contributed by atoms with Gasteiger partial charge in [0.2, 0.25) is 0 Å². The molecule has 0 aliphatic carbocycles. The summed E-state index contributed by atoms with van der Waals surface area (Å²) in [7, 11) is -2.89. The van der Waals surface area contributed by atoms with Crippen LogP contribution in [0.4, 0.5) is 10.5 Å². The third-order valence-corrected chi connectivity index (χ3v) is 6.00. The Balaban J connectivity index is 1.82. The fourth-order valence-corrected chi connectivity index (χ4v) is 4.36. The highest BCUT2D eigenvalue weighted by Crippen LogP contribution is 2.20. The lowest BCUT2D eigenvalue weighted by molar-refractivity contribution is 0.250. The van der Waals surface area contributed by atoms with E-state index in [1.807, 2.05) is 25.1 Å². The molecule has 0 spiro atoms. The van der Waals surface area contributed by atoms with Gasteiger partial charge >= 0.3 is 6.03 Å². The van der Waals surface area contributed by atoms with E-state index in [-0.39, 0.29) is 23.5 Å². The lowest BCUT2D eigenvalue weighted by atomic mass is 10.1. The van der Waals surface area contributed by atoms with Crippen LogP contribution in [0.5, 0.6) is 0 Å². The molecular weight excluding hydrogens is 344 g/mol. The maximum atomic E-state index is 11.7. The van der Waals surface area contributed by atoms with E-state index in [2.05, 4.69) is 26.6 Å². The molecule has 110 valence electrons. The van der Waals surface area contributed by atoms with Crippen molar-refractivity contribution in [1.82, 2.24) is 5.32 Å². The second-order valence-electron chi connectivity index (χ2n) is 5.07. The van der Waals surface area contributed by atoms with Crippen LogP contribution in [0.1, 0.15) is 12.0 Å². The van der Waals surface area contributed by atoms with Crippen molar-refractivity contribution in [3.63, 3.8) is 0 Å². The largest absolute Gasteiger partial charge is 0.338 e. The molecular formula is C13H17BrN2O3S. The summed E-state index contributed by atoms with van der Waals surface area (Å²) in [6.45, 7) is 2.35. The van der Waals surface area contributed by atoms with Gasteiger partial charge in [0.25, 0.3) is 0 Å². The second kappa shape index (κ2) is 6.13. The van der Waals surface area contributed by atoms with Gasteiger partial charge in [0.05, 0.1) is 11.5 Å². The summed E-state index contributed by atoms with van der Waals surface area (Å²) in [5.41, 5.74) is 1.78. The van der Waals surface area contributed by atoms with Crippen LogP contribution in [0.25, 0.3) is 0 Å². The molecule has 1 aliphatic rings. The van der Waals surface area contributed by atoms with Gasteiger partial charge in [-0.05, 0) is 37.0 Å². The van der Waals surface area contributed by atoms with Crippen LogP contribution in [0, 0.1) is 12.8 Å². The lowest BCUT2D eigenvalue weighted by Crippen LogP contribution is -2.33. The van der Waals surface area contributed by atoms with Crippen LogP contribution in [0.3, 0.4) is 0 Å². The number of benzene rings is 1. The highest BCUT2D eigenvalue weighted by molar-refractivity contribution is 9.10. The van der Waals surface area contributed by atoms with Gasteiger partial charge in [0, 0.05) is 16.7 Å². The summed E-state index contributed by atoms with van der Waals surface area (Å²) in [6, 6.07) is 5.24. The summed E-state index contributed by atoms with van der Waals surface area (Å²) in [5.74, 6) is 0.422. The van der Waals surface area contributed by atoms with Crippen molar-refractivity contribution in [2.24, 2.45) is 5.92 Å². The summed E-state index contributed by atoms with van der Waals surface area (Å²) < 4.78 is 23.6. The molecule has 1 fully saturated rings. The number of halogens is 1. The second-order valence-corrected chi connectivity index (χ2v) is 8.15. The number of sulfone groups is 1. The Morgan fingerprint density at radius 2 is 2.20 bits per heavy atom. The predicted octanol–water partition coefficient (Wildman–Crippen LogP) is 2.31. The molecule has 2 amide bonds. The van der Waals surface area contributed by atoms with Crippen LogP contribution in [0.2, 0.25) is 0 Å². The van der Waals surface area contributed by atoms with E-state index >= 15 is 0 Å². The van der Waals surface area contributed by atoms with Crippen molar-refractivity contribution < 1.29 is 13.2 Å². The number of hydrogen-bond donors (Lipinski definition) is 2. The average Bonchev–Trinajstić information content (AvgIpc) is 2.71. The molecule has 1 heterocycles. The number of hydrogen-bond acceptors (Lipinski definition) is 3. The Labute approximate surface area is 127 Å². The van der Waals surface area contributed by atoms with Crippen molar-refractivity contribution in [3.05, 3.63) is 28.2 Å². The number of anilines is 1. The summed E-state index contributed by atoms with van der Waals surface area (Å²) in [6.07, 6.45) is 0.624. The third kappa shape index (κ3) is 4.21. The summed E-state index contributed by atoms with van der Waals surface area (Å²) >= 11 is 3.40. The number of aryl methyl sites for hydroxylation is 1. The van der Waals surface area contributed by atoms with E-state index in [1.165, 1.54) is 0 Å². The van der Waals surface area contributed by atoms with Crippen molar-refractivity contribution in [1.29, 1.82) is 0 Å². The normalized spacial score (nSPS) is 20.6. The first kappa shape index (κ1) is 15.3. The number of rotatable bonds is 3. The molecule has 0 aromatic heterocycles. The van der Waals surface area contributed by atoms with Gasteiger partial charge in [-0.2, -0.15) is 0 Å². The predicted molar refractivity (Wildman–Crippen MR) is 82.7 cm³/mol. The Bertz CT molecular complexity index is 616. The highest BCUT2D eigenvalue weighted by Gasteiger charge is 2.27. The number of nitrogens with one attached hydrogen (secondary N) is 2. The smallest absolute Gasteiger partial charge is 0.319 e. The van der Waals surface area contributed by atoms with Crippen molar-refractivity contribution >= 4 is 37.5 Å². The minimum Gasteiger partial charge on any atom is -0.338 e. The van der Waals surface area contributed by atoms with E-state index in [4.69, 9.17) is 0 Å². The minimum atomic E-state index is -2.89. The van der Waals surface area contributed by atoms with E-state index in [0.29, 0.717) is 18.7 Å². The van der Waals surface area contributed by atoms with Crippen LogP contribution < -0.4 is 10.6 Å². The zero-order valence-electron chi connectivity index (χ0n) is 11.1. The van der Waals surface area contributed by atoms with Crippen molar-refractivity contribution in [2.45, 2.75) is 13.3 Å². The Hall–Kier alpha value is -1.08. The molecule has 7 heteroatoms. The number of carbonyl (C=O) groups is 1. The molecule has 0 bridgehead atoms. The Morgan fingerprint density at radius 1 is 1.45 bits per heavy atom. The molecule has 2 N–H and O–H groups in total. The standard InChI is InChI=1S/C13H17BrN2O3S/c1-9-2-3-11(6-12(9)14)16-13(17)15-7-10-4-5-20(18,19)8-10/h2-3,6,10H,4-5,7-8H2,1H3,(H2,15,16,17)/t10-/m0/s1.